The second-order valence-corrected chi connectivity index (χ2v) is 7.79. The molecule has 2 amide bonds. The van der Waals surface area contributed by atoms with Gasteiger partial charge in [-0.2, -0.15) is 0 Å². The maximum Gasteiger partial charge on any atom is 0.282 e. The van der Waals surface area contributed by atoms with Crippen LogP contribution >= 0.6 is 0 Å². The Balaban J connectivity index is 1.83. The molecule has 0 radical (unpaired) electrons. The number of anilines is 2. The lowest BCUT2D eigenvalue weighted by Crippen LogP contribution is -2.32. The van der Waals surface area contributed by atoms with Crippen molar-refractivity contribution < 1.29 is 18.4 Å². The van der Waals surface area contributed by atoms with Crippen LogP contribution in [0.1, 0.15) is 29.2 Å². The molecule has 4 nitrogen and oxygen atoms in total. The molecule has 0 saturated carbocycles. The molecule has 4 rings (SSSR count). The molecule has 0 bridgehead atoms. The Kier molecular flexibility index (Phi) is 5.61. The maximum absolute atomic E-state index is 13.9. The zero-order valence-electron chi connectivity index (χ0n) is 18.0. The minimum atomic E-state index is -1.13. The van der Waals surface area contributed by atoms with E-state index in [1.807, 2.05) is 57.2 Å². The molecule has 0 atom stereocenters. The van der Waals surface area contributed by atoms with E-state index in [0.717, 1.165) is 40.1 Å². The predicted molar refractivity (Wildman–Crippen MR) is 121 cm³/mol. The Hall–Kier alpha value is -3.80. The van der Waals surface area contributed by atoms with Crippen LogP contribution in [0.5, 0.6) is 0 Å². The van der Waals surface area contributed by atoms with E-state index in [-0.39, 0.29) is 17.0 Å². The van der Waals surface area contributed by atoms with Gasteiger partial charge in [0.25, 0.3) is 11.8 Å². The van der Waals surface area contributed by atoms with Crippen molar-refractivity contribution in [3.05, 3.63) is 100 Å². The molecular weight excluding hydrogens is 410 g/mol. The van der Waals surface area contributed by atoms with Crippen molar-refractivity contribution in [2.75, 3.05) is 10.2 Å². The van der Waals surface area contributed by atoms with Crippen molar-refractivity contribution in [3.8, 4) is 0 Å². The number of halogens is 2. The van der Waals surface area contributed by atoms with Crippen LogP contribution in [0.25, 0.3) is 5.57 Å². The van der Waals surface area contributed by atoms with Crippen LogP contribution in [-0.4, -0.2) is 11.8 Å². The van der Waals surface area contributed by atoms with Crippen LogP contribution in [0.15, 0.2) is 66.4 Å². The van der Waals surface area contributed by atoms with Gasteiger partial charge in [0.05, 0.1) is 11.3 Å². The average molecular weight is 432 g/mol. The van der Waals surface area contributed by atoms with Crippen LogP contribution in [0, 0.1) is 25.5 Å². The lowest BCUT2D eigenvalue weighted by molar-refractivity contribution is -0.120. The minimum absolute atomic E-state index is 0.0284. The van der Waals surface area contributed by atoms with Gasteiger partial charge in [-0.05, 0) is 61.2 Å². The van der Waals surface area contributed by atoms with Crippen LogP contribution in [0.4, 0.5) is 20.2 Å². The number of benzene rings is 3. The van der Waals surface area contributed by atoms with Gasteiger partial charge in [-0.1, -0.05) is 42.8 Å². The molecule has 3 aromatic carbocycles. The SMILES string of the molecule is CCc1ccc(NC2=C(c3ccc(C)cc3C)C(=O)N(c3ccc(F)c(F)c3)C2=O)cc1. The van der Waals surface area contributed by atoms with Gasteiger partial charge >= 0.3 is 0 Å². The molecule has 32 heavy (non-hydrogen) atoms. The van der Waals surface area contributed by atoms with E-state index in [0.29, 0.717) is 11.3 Å². The first-order valence-electron chi connectivity index (χ1n) is 10.3. The van der Waals surface area contributed by atoms with Crippen LogP contribution in [0.2, 0.25) is 0 Å². The molecular formula is C26H22F2N2O2. The second kappa shape index (κ2) is 8.38. The summed E-state index contributed by atoms with van der Waals surface area (Å²) in [6, 6.07) is 16.1. The molecule has 0 spiro atoms. The van der Waals surface area contributed by atoms with E-state index in [1.165, 1.54) is 6.07 Å². The third kappa shape index (κ3) is 3.80. The zero-order chi connectivity index (χ0) is 23.0. The topological polar surface area (TPSA) is 49.4 Å². The fourth-order valence-electron chi connectivity index (χ4n) is 3.82. The number of hydrogen-bond acceptors (Lipinski definition) is 3. The highest BCUT2D eigenvalue weighted by Gasteiger charge is 2.41. The standard InChI is InChI=1S/C26H22F2N2O2/c1-4-17-6-8-18(9-7-17)29-24-23(20-11-5-15(2)13-16(20)3)25(31)30(26(24)32)19-10-12-21(27)22(28)14-19/h5-14,29H,4H2,1-3H3. The number of carbonyl (C=O) groups is 2. The molecule has 0 unspecified atom stereocenters. The number of hydrogen-bond donors (Lipinski definition) is 1. The van der Waals surface area contributed by atoms with Crippen molar-refractivity contribution in [2.45, 2.75) is 27.2 Å². The fraction of sp³-hybridized carbons (Fsp3) is 0.154. The Morgan fingerprint density at radius 1 is 0.844 bits per heavy atom. The third-order valence-corrected chi connectivity index (χ3v) is 5.53. The first-order valence-corrected chi connectivity index (χ1v) is 10.3. The van der Waals surface area contributed by atoms with Crippen molar-refractivity contribution in [1.29, 1.82) is 0 Å². The van der Waals surface area contributed by atoms with Gasteiger partial charge in [0, 0.05) is 11.8 Å². The van der Waals surface area contributed by atoms with Gasteiger partial charge in [0.2, 0.25) is 0 Å². The molecule has 1 N–H and O–H groups in total. The minimum Gasteiger partial charge on any atom is -0.350 e. The van der Waals surface area contributed by atoms with Gasteiger partial charge in [-0.15, -0.1) is 0 Å². The van der Waals surface area contributed by atoms with Gasteiger partial charge in [0.15, 0.2) is 11.6 Å². The number of nitrogens with one attached hydrogen (secondary N) is 1. The molecule has 3 aromatic rings. The number of aryl methyl sites for hydroxylation is 3. The average Bonchev–Trinajstić information content (AvgIpc) is 3.00. The van der Waals surface area contributed by atoms with Crippen molar-refractivity contribution in [2.24, 2.45) is 0 Å². The highest BCUT2D eigenvalue weighted by Crippen LogP contribution is 2.35. The van der Waals surface area contributed by atoms with Crippen LogP contribution < -0.4 is 10.2 Å². The van der Waals surface area contributed by atoms with E-state index >= 15 is 0 Å². The van der Waals surface area contributed by atoms with Crippen molar-refractivity contribution >= 4 is 28.8 Å². The summed E-state index contributed by atoms with van der Waals surface area (Å²) in [5.74, 6) is -3.41. The van der Waals surface area contributed by atoms with E-state index in [4.69, 9.17) is 0 Å². The quantitative estimate of drug-likeness (QED) is 0.539. The number of nitrogens with zero attached hydrogens (tertiary/aromatic N) is 1. The lowest BCUT2D eigenvalue weighted by Gasteiger charge is -2.16. The monoisotopic (exact) mass is 432 g/mol. The summed E-state index contributed by atoms with van der Waals surface area (Å²) in [6.07, 6.45) is 0.873. The highest BCUT2D eigenvalue weighted by molar-refractivity contribution is 6.46. The molecule has 0 fully saturated rings. The molecule has 1 aliphatic heterocycles. The summed E-state index contributed by atoms with van der Waals surface area (Å²) < 4.78 is 27.3. The first kappa shape index (κ1) is 21.4. The van der Waals surface area contributed by atoms with Gasteiger partial charge < -0.3 is 5.32 Å². The molecule has 6 heteroatoms. The largest absolute Gasteiger partial charge is 0.350 e. The number of imide groups is 1. The lowest BCUT2D eigenvalue weighted by atomic mass is 9.97. The van der Waals surface area contributed by atoms with Gasteiger partial charge in [-0.25, -0.2) is 13.7 Å². The summed E-state index contributed by atoms with van der Waals surface area (Å²) >= 11 is 0. The van der Waals surface area contributed by atoms with Gasteiger partial charge in [-0.3, -0.25) is 9.59 Å². The molecule has 162 valence electrons. The molecule has 0 aromatic heterocycles. The number of amides is 2. The molecule has 0 aliphatic carbocycles. The molecule has 1 aliphatic rings. The van der Waals surface area contributed by atoms with Crippen molar-refractivity contribution in [3.63, 3.8) is 0 Å². The second-order valence-electron chi connectivity index (χ2n) is 7.79. The van der Waals surface area contributed by atoms with Crippen LogP contribution in [0.3, 0.4) is 0 Å². The Morgan fingerprint density at radius 3 is 2.19 bits per heavy atom. The Morgan fingerprint density at radius 2 is 1.56 bits per heavy atom. The van der Waals surface area contributed by atoms with E-state index in [1.54, 1.807) is 6.07 Å². The Labute approximate surface area is 185 Å². The summed E-state index contributed by atoms with van der Waals surface area (Å²) in [5, 5.41) is 3.09. The molecule has 0 saturated heterocycles. The van der Waals surface area contributed by atoms with Crippen LogP contribution in [-0.2, 0) is 16.0 Å². The smallest absolute Gasteiger partial charge is 0.282 e. The zero-order valence-corrected chi connectivity index (χ0v) is 18.0. The third-order valence-electron chi connectivity index (χ3n) is 5.53. The number of carbonyl (C=O) groups excluding carboxylic acids is 2. The number of rotatable bonds is 5. The van der Waals surface area contributed by atoms with E-state index in [2.05, 4.69) is 5.32 Å². The van der Waals surface area contributed by atoms with E-state index < -0.39 is 23.4 Å². The fourth-order valence-corrected chi connectivity index (χ4v) is 3.82. The first-order chi connectivity index (χ1) is 15.3. The normalized spacial score (nSPS) is 13.8. The Bertz CT molecular complexity index is 1260. The summed E-state index contributed by atoms with van der Waals surface area (Å²) in [5.41, 5.74) is 4.49. The molecule has 1 heterocycles. The van der Waals surface area contributed by atoms with E-state index in [9.17, 15) is 18.4 Å². The predicted octanol–water partition coefficient (Wildman–Crippen LogP) is 5.54. The summed E-state index contributed by atoms with van der Waals surface area (Å²) in [7, 11) is 0. The van der Waals surface area contributed by atoms with Crippen molar-refractivity contribution in [1.82, 2.24) is 0 Å². The summed E-state index contributed by atoms with van der Waals surface area (Å²) in [6.45, 7) is 5.85. The highest BCUT2D eigenvalue weighted by atomic mass is 19.2. The van der Waals surface area contributed by atoms with Gasteiger partial charge in [0.1, 0.15) is 5.70 Å². The summed E-state index contributed by atoms with van der Waals surface area (Å²) in [4.78, 5) is 27.7. The maximum atomic E-state index is 13.9.